The van der Waals surface area contributed by atoms with Crippen LogP contribution in [0.1, 0.15) is 36.3 Å². The molecule has 1 unspecified atom stereocenters. The Labute approximate surface area is 168 Å². The Bertz CT molecular complexity index is 936. The molecule has 0 saturated carbocycles. The fourth-order valence-corrected chi connectivity index (χ4v) is 2.73. The van der Waals surface area contributed by atoms with Gasteiger partial charge in [-0.25, -0.2) is 9.37 Å². The van der Waals surface area contributed by atoms with Crippen LogP contribution in [-0.4, -0.2) is 33.3 Å². The Morgan fingerprint density at radius 1 is 1.31 bits per heavy atom. The molecule has 1 atom stereocenters. The number of allylic oxidation sites excluding steroid dienone is 2. The van der Waals surface area contributed by atoms with Crippen LogP contribution in [0, 0.1) is 11.7 Å². The summed E-state index contributed by atoms with van der Waals surface area (Å²) in [5, 5.41) is 12.7. The highest BCUT2D eigenvalue weighted by atomic mass is 19.1. The normalized spacial score (nSPS) is 15.2. The van der Waals surface area contributed by atoms with Gasteiger partial charge in [-0.05, 0) is 36.1 Å². The van der Waals surface area contributed by atoms with Gasteiger partial charge >= 0.3 is 0 Å². The summed E-state index contributed by atoms with van der Waals surface area (Å²) in [5.74, 6) is -1.65. The number of aromatic hydroxyl groups is 1. The maximum Gasteiger partial charge on any atom is 0.296 e. The third-order valence-electron chi connectivity index (χ3n) is 4.23. The van der Waals surface area contributed by atoms with Crippen LogP contribution >= 0.6 is 0 Å². The molecule has 3 rings (SSSR count). The molecular weight excluding hydrogens is 375 g/mol. The van der Waals surface area contributed by atoms with Crippen LogP contribution in [0.4, 0.5) is 4.39 Å². The van der Waals surface area contributed by atoms with Crippen LogP contribution in [0.2, 0.25) is 0 Å². The Balaban J connectivity index is 0.00000145. The molecule has 1 aromatic carbocycles. The van der Waals surface area contributed by atoms with Crippen molar-refractivity contribution in [2.24, 2.45) is 10.9 Å². The number of carbonyl (C=O) groups excluding carboxylic acids is 1. The monoisotopic (exact) mass is 400 g/mol. The zero-order valence-corrected chi connectivity index (χ0v) is 16.5. The van der Waals surface area contributed by atoms with E-state index in [4.69, 9.17) is 0 Å². The van der Waals surface area contributed by atoms with Gasteiger partial charge in [-0.2, -0.15) is 0 Å². The highest BCUT2D eigenvalue weighted by Gasteiger charge is 2.18. The SMILES string of the molecule is CC.O=C(NCc1ccc(F)cc1)c1ncn(CC2C=CC=NCC2)c(=O)c1O. The van der Waals surface area contributed by atoms with E-state index in [2.05, 4.69) is 15.3 Å². The number of benzene rings is 1. The molecule has 1 amide bonds. The molecule has 1 aliphatic heterocycles. The summed E-state index contributed by atoms with van der Waals surface area (Å²) in [6.07, 6.45) is 7.53. The minimum atomic E-state index is -0.692. The molecule has 8 heteroatoms. The number of hydrogen-bond acceptors (Lipinski definition) is 5. The molecule has 0 fully saturated rings. The van der Waals surface area contributed by atoms with Crippen molar-refractivity contribution in [1.82, 2.24) is 14.9 Å². The van der Waals surface area contributed by atoms with Crippen LogP contribution in [0.5, 0.6) is 5.75 Å². The lowest BCUT2D eigenvalue weighted by atomic mass is 10.1. The van der Waals surface area contributed by atoms with Gasteiger partial charge in [0.05, 0.1) is 6.33 Å². The first kappa shape index (κ1) is 22.0. The molecule has 2 aromatic rings. The lowest BCUT2D eigenvalue weighted by molar-refractivity contribution is 0.0942. The van der Waals surface area contributed by atoms with Gasteiger partial charge in [0.2, 0.25) is 5.75 Å². The van der Waals surface area contributed by atoms with Crippen LogP contribution in [0.25, 0.3) is 0 Å². The first-order valence-corrected chi connectivity index (χ1v) is 9.52. The van der Waals surface area contributed by atoms with Gasteiger partial charge in [-0.3, -0.25) is 19.1 Å². The van der Waals surface area contributed by atoms with Gasteiger partial charge in [-0.1, -0.05) is 32.1 Å². The zero-order valence-electron chi connectivity index (χ0n) is 16.5. The maximum absolute atomic E-state index is 12.9. The number of halogens is 1. The van der Waals surface area contributed by atoms with Crippen molar-refractivity contribution in [3.05, 3.63) is 70.2 Å². The Kier molecular flexibility index (Phi) is 8.27. The van der Waals surface area contributed by atoms with Crippen molar-refractivity contribution in [1.29, 1.82) is 0 Å². The van der Waals surface area contributed by atoms with Crippen molar-refractivity contribution in [2.45, 2.75) is 33.4 Å². The number of amides is 1. The van der Waals surface area contributed by atoms with Gasteiger partial charge in [-0.15, -0.1) is 0 Å². The molecule has 0 bridgehead atoms. The van der Waals surface area contributed by atoms with E-state index in [9.17, 15) is 19.1 Å². The van der Waals surface area contributed by atoms with Gasteiger partial charge in [0, 0.05) is 25.8 Å². The minimum Gasteiger partial charge on any atom is -0.501 e. The highest BCUT2D eigenvalue weighted by Crippen LogP contribution is 2.13. The second-order valence-electron chi connectivity index (χ2n) is 6.20. The smallest absolute Gasteiger partial charge is 0.296 e. The van der Waals surface area contributed by atoms with Crippen LogP contribution in [-0.2, 0) is 13.1 Å². The van der Waals surface area contributed by atoms with Gasteiger partial charge < -0.3 is 10.4 Å². The molecule has 2 heterocycles. The van der Waals surface area contributed by atoms with Crippen molar-refractivity contribution < 1.29 is 14.3 Å². The van der Waals surface area contributed by atoms with Crippen molar-refractivity contribution in [3.8, 4) is 5.75 Å². The number of nitrogens with one attached hydrogen (secondary N) is 1. The predicted molar refractivity (Wildman–Crippen MR) is 110 cm³/mol. The lowest BCUT2D eigenvalue weighted by Crippen LogP contribution is -2.30. The highest BCUT2D eigenvalue weighted by molar-refractivity contribution is 5.94. The number of hydrogen-bond donors (Lipinski definition) is 2. The summed E-state index contributed by atoms with van der Waals surface area (Å²) in [7, 11) is 0. The van der Waals surface area contributed by atoms with Crippen molar-refractivity contribution >= 4 is 12.1 Å². The Morgan fingerprint density at radius 3 is 2.76 bits per heavy atom. The molecule has 29 heavy (non-hydrogen) atoms. The first-order valence-electron chi connectivity index (χ1n) is 9.52. The second-order valence-corrected chi connectivity index (χ2v) is 6.20. The van der Waals surface area contributed by atoms with E-state index in [0.717, 1.165) is 6.42 Å². The molecular formula is C21H25FN4O3. The van der Waals surface area contributed by atoms with E-state index in [-0.39, 0.29) is 24.0 Å². The van der Waals surface area contributed by atoms with E-state index in [0.29, 0.717) is 18.7 Å². The second kappa shape index (κ2) is 10.9. The molecule has 1 aromatic heterocycles. The number of aliphatic imine (C=N–C) groups is 1. The van der Waals surface area contributed by atoms with Crippen LogP contribution in [0.3, 0.4) is 0 Å². The number of rotatable bonds is 5. The summed E-state index contributed by atoms with van der Waals surface area (Å²) >= 11 is 0. The molecule has 0 radical (unpaired) electrons. The lowest BCUT2D eigenvalue weighted by Gasteiger charge is -2.13. The van der Waals surface area contributed by atoms with E-state index < -0.39 is 17.2 Å². The van der Waals surface area contributed by atoms with Gasteiger partial charge in [0.15, 0.2) is 5.69 Å². The number of nitrogens with zero attached hydrogens (tertiary/aromatic N) is 3. The van der Waals surface area contributed by atoms with Gasteiger partial charge in [0.1, 0.15) is 5.82 Å². The summed E-state index contributed by atoms with van der Waals surface area (Å²) in [6.45, 7) is 5.13. The minimum absolute atomic E-state index is 0.0875. The standard InChI is InChI=1S/C19H19FN4O3.C2H6/c20-15-5-3-13(4-6-15)10-22-18(26)16-17(25)19(27)24(12-23-16)11-14-2-1-8-21-9-7-14;1-2/h1-6,8,12,14,25H,7,9-11H2,(H,22,26);1-2H3. The quantitative estimate of drug-likeness (QED) is 0.806. The Hall–Kier alpha value is -3.29. The molecule has 0 spiro atoms. The number of aromatic nitrogens is 2. The maximum atomic E-state index is 12.9. The topological polar surface area (TPSA) is 96.6 Å². The van der Waals surface area contributed by atoms with Crippen molar-refractivity contribution in [2.75, 3.05) is 6.54 Å². The zero-order chi connectivity index (χ0) is 21.2. The van der Waals surface area contributed by atoms with Crippen LogP contribution in [0.15, 0.2) is 52.5 Å². The summed E-state index contributed by atoms with van der Waals surface area (Å²) < 4.78 is 14.2. The molecule has 7 nitrogen and oxygen atoms in total. The predicted octanol–water partition coefficient (Wildman–Crippen LogP) is 2.69. The van der Waals surface area contributed by atoms with E-state index in [1.165, 1.54) is 35.2 Å². The first-order chi connectivity index (χ1) is 14.0. The van der Waals surface area contributed by atoms with E-state index in [1.807, 2.05) is 26.0 Å². The fourth-order valence-electron chi connectivity index (χ4n) is 2.73. The molecule has 1 aliphatic rings. The van der Waals surface area contributed by atoms with Crippen molar-refractivity contribution in [3.63, 3.8) is 0 Å². The number of carbonyl (C=O) groups is 1. The summed E-state index contributed by atoms with van der Waals surface area (Å²) in [5.41, 5.74) is -0.325. The third kappa shape index (κ3) is 6.10. The third-order valence-corrected chi connectivity index (χ3v) is 4.23. The van der Waals surface area contributed by atoms with E-state index >= 15 is 0 Å². The van der Waals surface area contributed by atoms with Crippen LogP contribution < -0.4 is 10.9 Å². The molecule has 154 valence electrons. The average Bonchev–Trinajstić information content (AvgIpc) is 3.01. The Morgan fingerprint density at radius 2 is 2.03 bits per heavy atom. The van der Waals surface area contributed by atoms with Gasteiger partial charge in [0.25, 0.3) is 11.5 Å². The molecule has 0 aliphatic carbocycles. The largest absolute Gasteiger partial charge is 0.501 e. The molecule has 2 N–H and O–H groups in total. The molecule has 0 saturated heterocycles. The van der Waals surface area contributed by atoms with E-state index in [1.54, 1.807) is 6.21 Å². The summed E-state index contributed by atoms with van der Waals surface area (Å²) in [6, 6.07) is 5.63. The summed E-state index contributed by atoms with van der Waals surface area (Å²) in [4.78, 5) is 32.7. The average molecular weight is 400 g/mol. The fraction of sp³-hybridized carbons (Fsp3) is 0.333.